The maximum atomic E-state index is 13.4. The Labute approximate surface area is 127 Å². The van der Waals surface area contributed by atoms with E-state index in [2.05, 4.69) is 0 Å². The third kappa shape index (κ3) is 2.54. The first-order chi connectivity index (χ1) is 9.63. The molecule has 0 N–H and O–H groups in total. The van der Waals surface area contributed by atoms with Crippen molar-refractivity contribution in [2.45, 2.75) is 51.8 Å². The smallest absolute Gasteiger partial charge is 0.432 e. The number of alkyl halides is 3. The summed E-state index contributed by atoms with van der Waals surface area (Å²) in [6.45, 7) is 7.07. The van der Waals surface area contributed by atoms with Gasteiger partial charge in [-0.25, -0.2) is 0 Å². The molecule has 0 saturated carbocycles. The highest BCUT2D eigenvalue weighted by Crippen LogP contribution is 2.47. The zero-order valence-corrected chi connectivity index (χ0v) is 13.2. The minimum Gasteiger partial charge on any atom is -0.473 e. The first kappa shape index (κ1) is 16.2. The van der Waals surface area contributed by atoms with E-state index in [1.165, 1.54) is 13.0 Å². The van der Waals surface area contributed by atoms with Crippen molar-refractivity contribution in [3.8, 4) is 5.75 Å². The highest BCUT2D eigenvalue weighted by molar-refractivity contribution is 6.31. The summed E-state index contributed by atoms with van der Waals surface area (Å²) in [5.74, 6) is 0.319. The van der Waals surface area contributed by atoms with Crippen LogP contribution in [0.1, 0.15) is 49.8 Å². The predicted molar refractivity (Wildman–Crippen MR) is 79.0 cm³/mol. The van der Waals surface area contributed by atoms with E-state index in [9.17, 15) is 13.2 Å². The maximum Gasteiger partial charge on any atom is 0.432 e. The van der Waals surface area contributed by atoms with E-state index >= 15 is 0 Å². The Morgan fingerprint density at radius 2 is 1.95 bits per heavy atom. The molecule has 1 aromatic rings. The molecule has 1 aliphatic rings. The van der Waals surface area contributed by atoms with Crippen LogP contribution >= 0.6 is 11.6 Å². The molecule has 1 atom stereocenters. The fraction of sp³-hybridized carbons (Fsp3) is 0.500. The van der Waals surface area contributed by atoms with E-state index in [1.807, 2.05) is 13.8 Å². The number of ether oxygens (including phenoxy) is 1. The SMILES string of the molecule is CCC1(C(F)(F)F)C=Cc2c(C)c(Cl)cc(C(C)C)c2O1. The molecule has 1 nitrogen and oxygen atoms in total. The van der Waals surface area contributed by atoms with E-state index in [-0.39, 0.29) is 12.3 Å². The molecule has 2 rings (SSSR count). The van der Waals surface area contributed by atoms with Crippen molar-refractivity contribution in [2.24, 2.45) is 0 Å². The second-order valence-electron chi connectivity index (χ2n) is 5.65. The lowest BCUT2D eigenvalue weighted by Crippen LogP contribution is -2.49. The van der Waals surface area contributed by atoms with Crippen molar-refractivity contribution in [3.63, 3.8) is 0 Å². The van der Waals surface area contributed by atoms with Crippen LogP contribution in [0.15, 0.2) is 12.1 Å². The van der Waals surface area contributed by atoms with Crippen LogP contribution in [0.25, 0.3) is 6.08 Å². The van der Waals surface area contributed by atoms with Crippen LogP contribution in [0.3, 0.4) is 0 Å². The third-order valence-electron chi connectivity index (χ3n) is 3.98. The molecule has 0 saturated heterocycles. The van der Waals surface area contributed by atoms with E-state index in [0.717, 1.165) is 11.6 Å². The number of hydrogen-bond acceptors (Lipinski definition) is 1. The molecule has 1 aromatic carbocycles. The number of hydrogen-bond donors (Lipinski definition) is 0. The molecule has 0 bridgehead atoms. The third-order valence-corrected chi connectivity index (χ3v) is 4.37. The molecule has 1 aliphatic heterocycles. The lowest BCUT2D eigenvalue weighted by Gasteiger charge is -2.37. The summed E-state index contributed by atoms with van der Waals surface area (Å²) < 4.78 is 45.7. The largest absolute Gasteiger partial charge is 0.473 e. The average Bonchev–Trinajstić information content (AvgIpc) is 2.40. The normalized spacial score (nSPS) is 21.4. The quantitative estimate of drug-likeness (QED) is 0.660. The van der Waals surface area contributed by atoms with E-state index in [4.69, 9.17) is 16.3 Å². The van der Waals surface area contributed by atoms with Crippen molar-refractivity contribution in [1.29, 1.82) is 0 Å². The van der Waals surface area contributed by atoms with Crippen LogP contribution in [0.5, 0.6) is 5.75 Å². The molecule has 0 amide bonds. The minimum atomic E-state index is -4.46. The summed E-state index contributed by atoms with van der Waals surface area (Å²) in [7, 11) is 0. The zero-order chi connectivity index (χ0) is 16.0. The molecule has 21 heavy (non-hydrogen) atoms. The summed E-state index contributed by atoms with van der Waals surface area (Å²) >= 11 is 6.18. The molecule has 1 unspecified atom stereocenters. The molecule has 0 aromatic heterocycles. The number of halogens is 4. The number of rotatable bonds is 2. The molecule has 0 radical (unpaired) electrons. The summed E-state index contributed by atoms with van der Waals surface area (Å²) in [4.78, 5) is 0. The van der Waals surface area contributed by atoms with Crippen LogP contribution in [-0.4, -0.2) is 11.8 Å². The number of fused-ring (bicyclic) bond motifs is 1. The summed E-state index contributed by atoms with van der Waals surface area (Å²) in [5, 5.41) is 0.543. The van der Waals surface area contributed by atoms with Gasteiger partial charge in [-0.15, -0.1) is 0 Å². The van der Waals surface area contributed by atoms with Gasteiger partial charge in [0.25, 0.3) is 0 Å². The average molecular weight is 319 g/mol. The Morgan fingerprint density at radius 3 is 2.43 bits per heavy atom. The monoisotopic (exact) mass is 318 g/mol. The van der Waals surface area contributed by atoms with Gasteiger partial charge in [-0.2, -0.15) is 13.2 Å². The molecule has 0 aliphatic carbocycles. The van der Waals surface area contributed by atoms with Crippen LogP contribution in [0.2, 0.25) is 5.02 Å². The van der Waals surface area contributed by atoms with Gasteiger partial charge in [0, 0.05) is 10.6 Å². The van der Waals surface area contributed by atoms with Gasteiger partial charge in [0.05, 0.1) is 0 Å². The van der Waals surface area contributed by atoms with Gasteiger partial charge in [0.1, 0.15) is 5.75 Å². The summed E-state index contributed by atoms with van der Waals surface area (Å²) in [6, 6.07) is 1.70. The Balaban J connectivity index is 2.67. The Morgan fingerprint density at radius 1 is 1.33 bits per heavy atom. The summed E-state index contributed by atoms with van der Waals surface area (Å²) in [6.07, 6.45) is -2.05. The molecular weight excluding hydrogens is 301 g/mol. The summed E-state index contributed by atoms with van der Waals surface area (Å²) in [5.41, 5.74) is -0.185. The van der Waals surface area contributed by atoms with Crippen molar-refractivity contribution in [2.75, 3.05) is 0 Å². The van der Waals surface area contributed by atoms with Crippen molar-refractivity contribution in [1.82, 2.24) is 0 Å². The van der Waals surface area contributed by atoms with Gasteiger partial charge in [-0.1, -0.05) is 38.4 Å². The molecule has 0 spiro atoms. The fourth-order valence-corrected chi connectivity index (χ4v) is 2.70. The fourth-order valence-electron chi connectivity index (χ4n) is 2.49. The standard InChI is InChI=1S/C16H18ClF3O/c1-5-15(16(18,19)20)7-6-11-10(4)13(17)8-12(9(2)3)14(11)21-15/h6-9H,5H2,1-4H3. The van der Waals surface area contributed by atoms with Crippen LogP contribution in [0, 0.1) is 6.92 Å². The van der Waals surface area contributed by atoms with Crippen LogP contribution in [0.4, 0.5) is 13.2 Å². The Hall–Kier alpha value is -1.16. The van der Waals surface area contributed by atoms with Crippen molar-refractivity contribution in [3.05, 3.63) is 33.9 Å². The highest BCUT2D eigenvalue weighted by Gasteiger charge is 2.55. The van der Waals surface area contributed by atoms with Gasteiger partial charge >= 0.3 is 6.18 Å². The van der Waals surface area contributed by atoms with Gasteiger partial charge in [-0.05, 0) is 42.5 Å². The second-order valence-corrected chi connectivity index (χ2v) is 6.05. The topological polar surface area (TPSA) is 9.23 Å². The van der Waals surface area contributed by atoms with E-state index < -0.39 is 11.8 Å². The van der Waals surface area contributed by atoms with Crippen LogP contribution in [-0.2, 0) is 0 Å². The lowest BCUT2D eigenvalue weighted by molar-refractivity contribution is -0.230. The molecular formula is C16H18ClF3O. The van der Waals surface area contributed by atoms with Gasteiger partial charge in [0.2, 0.25) is 5.60 Å². The first-order valence-corrected chi connectivity index (χ1v) is 7.28. The Bertz CT molecular complexity index is 590. The first-order valence-electron chi connectivity index (χ1n) is 6.91. The molecule has 0 fully saturated rings. The highest BCUT2D eigenvalue weighted by atomic mass is 35.5. The second kappa shape index (κ2) is 5.24. The predicted octanol–water partition coefficient (Wildman–Crippen LogP) is 5.89. The van der Waals surface area contributed by atoms with Gasteiger partial charge < -0.3 is 4.74 Å². The van der Waals surface area contributed by atoms with E-state index in [0.29, 0.717) is 21.9 Å². The number of benzene rings is 1. The molecule has 5 heteroatoms. The maximum absolute atomic E-state index is 13.4. The van der Waals surface area contributed by atoms with E-state index in [1.54, 1.807) is 13.0 Å². The van der Waals surface area contributed by atoms with Gasteiger partial charge in [-0.3, -0.25) is 0 Å². The zero-order valence-electron chi connectivity index (χ0n) is 12.4. The minimum absolute atomic E-state index is 0.0196. The molecule has 116 valence electrons. The Kier molecular flexibility index (Phi) is 4.04. The van der Waals surface area contributed by atoms with Gasteiger partial charge in [0.15, 0.2) is 0 Å². The lowest BCUT2D eigenvalue weighted by atomic mass is 9.89. The van der Waals surface area contributed by atoms with Crippen molar-refractivity contribution < 1.29 is 17.9 Å². The van der Waals surface area contributed by atoms with Crippen LogP contribution < -0.4 is 4.74 Å². The molecule has 1 heterocycles. The van der Waals surface area contributed by atoms with Crippen molar-refractivity contribution >= 4 is 17.7 Å².